The van der Waals surface area contributed by atoms with Gasteiger partial charge in [0.1, 0.15) is 0 Å². The van der Waals surface area contributed by atoms with Crippen LogP contribution in [0.5, 0.6) is 0 Å². The van der Waals surface area contributed by atoms with Crippen molar-refractivity contribution in [1.82, 2.24) is 19.4 Å². The number of amides is 1. The predicted molar refractivity (Wildman–Crippen MR) is 128 cm³/mol. The fourth-order valence-electron chi connectivity index (χ4n) is 4.21. The average Bonchev–Trinajstić information content (AvgIpc) is 3.31. The topological polar surface area (TPSA) is 110 Å². The maximum atomic E-state index is 13.5. The molecule has 204 valence electrons. The number of halogens is 3. The second-order valence-electron chi connectivity index (χ2n) is 8.65. The highest BCUT2D eigenvalue weighted by atomic mass is 32.2. The number of nitrogens with one attached hydrogen (secondary N) is 1. The largest absolute Gasteiger partial charge is 0.490 e. The van der Waals surface area contributed by atoms with E-state index < -0.39 is 22.2 Å². The Morgan fingerprint density at radius 2 is 1.69 bits per heavy atom. The first-order chi connectivity index (χ1) is 16.9. The Bertz CT molecular complexity index is 967. The lowest BCUT2D eigenvalue weighted by molar-refractivity contribution is -0.192. The summed E-state index contributed by atoms with van der Waals surface area (Å²) in [5.74, 6) is -2.87. The van der Waals surface area contributed by atoms with Crippen molar-refractivity contribution in [2.45, 2.75) is 50.2 Å². The Labute approximate surface area is 210 Å². The Morgan fingerprint density at radius 3 is 2.19 bits per heavy atom. The minimum Gasteiger partial charge on any atom is -0.475 e. The van der Waals surface area contributed by atoms with Crippen molar-refractivity contribution in [2.24, 2.45) is 0 Å². The van der Waals surface area contributed by atoms with Crippen LogP contribution < -0.4 is 5.32 Å². The molecule has 2 saturated heterocycles. The summed E-state index contributed by atoms with van der Waals surface area (Å²) in [5, 5.41) is 10.4. The van der Waals surface area contributed by atoms with Gasteiger partial charge in [-0.05, 0) is 50.0 Å². The minimum absolute atomic E-state index is 0.0914. The minimum atomic E-state index is -5.08. The smallest absolute Gasteiger partial charge is 0.475 e. The molecule has 2 aliphatic rings. The number of carbonyl (C=O) groups excluding carboxylic acids is 1. The summed E-state index contributed by atoms with van der Waals surface area (Å²) in [6.45, 7) is 9.07. The molecule has 1 unspecified atom stereocenters. The second-order valence-corrected chi connectivity index (χ2v) is 10.6. The van der Waals surface area contributed by atoms with E-state index in [0.29, 0.717) is 19.6 Å². The Morgan fingerprint density at radius 1 is 1.11 bits per heavy atom. The third kappa shape index (κ3) is 8.43. The van der Waals surface area contributed by atoms with Crippen LogP contribution in [-0.4, -0.2) is 104 Å². The number of carboxylic acids is 1. The number of hydrogen-bond acceptors (Lipinski definition) is 6. The van der Waals surface area contributed by atoms with Crippen LogP contribution >= 0.6 is 0 Å². The molecule has 3 rings (SSSR count). The molecule has 0 aromatic heterocycles. The molecule has 2 N–H and O–H groups in total. The van der Waals surface area contributed by atoms with Crippen LogP contribution in [0.25, 0.3) is 0 Å². The number of benzene rings is 1. The summed E-state index contributed by atoms with van der Waals surface area (Å²) in [6, 6.07) is 7.22. The molecule has 2 aliphatic heterocycles. The van der Waals surface area contributed by atoms with Gasteiger partial charge in [-0.25, -0.2) is 13.2 Å². The van der Waals surface area contributed by atoms with Crippen molar-refractivity contribution >= 4 is 21.9 Å². The van der Waals surface area contributed by atoms with E-state index in [9.17, 15) is 26.4 Å². The van der Waals surface area contributed by atoms with Crippen molar-refractivity contribution in [1.29, 1.82) is 0 Å². The fraction of sp³-hybridized carbons (Fsp3) is 0.652. The number of hydrogen-bond donors (Lipinski definition) is 2. The molecule has 13 heteroatoms. The summed E-state index contributed by atoms with van der Waals surface area (Å²) >= 11 is 0. The SMILES string of the molecule is CCc1ccc(S(=O)(=O)N(CC(=O)N2CCNCC2)CC2CCCN2CC)cc1.O=C(O)C(F)(F)F. The molecule has 0 saturated carbocycles. The molecule has 0 bridgehead atoms. The van der Waals surface area contributed by atoms with Gasteiger partial charge in [0, 0.05) is 38.8 Å². The van der Waals surface area contributed by atoms with Gasteiger partial charge in [0.05, 0.1) is 11.4 Å². The Kier molecular flexibility index (Phi) is 11.1. The number of likely N-dealkylation sites (N-methyl/N-ethyl adjacent to an activating group) is 1. The van der Waals surface area contributed by atoms with Crippen molar-refractivity contribution in [2.75, 3.05) is 52.4 Å². The van der Waals surface area contributed by atoms with Crippen LogP contribution in [0.2, 0.25) is 0 Å². The molecule has 0 radical (unpaired) electrons. The van der Waals surface area contributed by atoms with Gasteiger partial charge >= 0.3 is 12.1 Å². The van der Waals surface area contributed by atoms with E-state index in [2.05, 4.69) is 17.1 Å². The van der Waals surface area contributed by atoms with Gasteiger partial charge in [0.25, 0.3) is 0 Å². The number of aryl methyl sites for hydroxylation is 1. The van der Waals surface area contributed by atoms with Crippen molar-refractivity contribution in [3.8, 4) is 0 Å². The van der Waals surface area contributed by atoms with Crippen molar-refractivity contribution in [3.05, 3.63) is 29.8 Å². The highest BCUT2D eigenvalue weighted by molar-refractivity contribution is 7.89. The maximum absolute atomic E-state index is 13.5. The molecular formula is C23H35F3N4O5S. The van der Waals surface area contributed by atoms with Crippen LogP contribution in [0.3, 0.4) is 0 Å². The zero-order chi connectivity index (χ0) is 26.9. The standard InChI is InChI=1S/C21H34N4O3S.C2HF3O2/c1-3-18-7-9-20(10-8-18)29(27,28)25(16-19-6-5-13-23(19)4-2)17-21(26)24-14-11-22-12-15-24;3-2(4,5)1(6)7/h7-10,19,22H,3-6,11-17H2,1-2H3;(H,6,7). The monoisotopic (exact) mass is 536 g/mol. The van der Waals surface area contributed by atoms with Crippen LogP contribution in [0.4, 0.5) is 13.2 Å². The molecule has 0 aliphatic carbocycles. The summed E-state index contributed by atoms with van der Waals surface area (Å²) in [5.41, 5.74) is 1.10. The van der Waals surface area contributed by atoms with Gasteiger partial charge in [0.2, 0.25) is 15.9 Å². The Hall–Kier alpha value is -2.22. The van der Waals surface area contributed by atoms with Gasteiger partial charge in [-0.2, -0.15) is 17.5 Å². The summed E-state index contributed by atoms with van der Waals surface area (Å²) in [6.07, 6.45) is -2.18. The molecule has 2 heterocycles. The zero-order valence-corrected chi connectivity index (χ0v) is 21.4. The van der Waals surface area contributed by atoms with Gasteiger partial charge in [-0.15, -0.1) is 0 Å². The van der Waals surface area contributed by atoms with Crippen LogP contribution in [0.15, 0.2) is 29.2 Å². The molecule has 1 amide bonds. The first-order valence-corrected chi connectivity index (χ1v) is 13.5. The second kappa shape index (κ2) is 13.4. The maximum Gasteiger partial charge on any atom is 0.490 e. The number of aliphatic carboxylic acids is 1. The molecule has 36 heavy (non-hydrogen) atoms. The Balaban J connectivity index is 0.000000572. The molecule has 0 spiro atoms. The number of carboxylic acid groups (broad SMARTS) is 1. The molecule has 1 aromatic rings. The lowest BCUT2D eigenvalue weighted by Gasteiger charge is -2.32. The highest BCUT2D eigenvalue weighted by Gasteiger charge is 2.38. The zero-order valence-electron chi connectivity index (χ0n) is 20.6. The van der Waals surface area contributed by atoms with Gasteiger partial charge < -0.3 is 15.3 Å². The molecule has 1 aromatic carbocycles. The van der Waals surface area contributed by atoms with E-state index in [4.69, 9.17) is 9.90 Å². The lowest BCUT2D eigenvalue weighted by atomic mass is 10.2. The van der Waals surface area contributed by atoms with E-state index in [1.807, 2.05) is 19.1 Å². The van der Waals surface area contributed by atoms with Crippen LogP contribution in [0.1, 0.15) is 32.3 Å². The lowest BCUT2D eigenvalue weighted by Crippen LogP contribution is -2.52. The number of likely N-dealkylation sites (tertiary alicyclic amines) is 1. The third-order valence-corrected chi connectivity index (χ3v) is 8.14. The fourth-order valence-corrected chi connectivity index (χ4v) is 5.64. The van der Waals surface area contributed by atoms with Crippen molar-refractivity contribution in [3.63, 3.8) is 0 Å². The predicted octanol–water partition coefficient (Wildman–Crippen LogP) is 1.79. The molecule has 1 atom stereocenters. The quantitative estimate of drug-likeness (QED) is 0.521. The van der Waals surface area contributed by atoms with Gasteiger partial charge in [-0.1, -0.05) is 26.0 Å². The van der Waals surface area contributed by atoms with Crippen LogP contribution in [-0.2, 0) is 26.0 Å². The van der Waals surface area contributed by atoms with E-state index >= 15 is 0 Å². The van der Waals surface area contributed by atoms with Crippen molar-refractivity contribution < 1.29 is 36.3 Å². The first-order valence-electron chi connectivity index (χ1n) is 12.0. The molecule has 2 fully saturated rings. The summed E-state index contributed by atoms with van der Waals surface area (Å²) in [4.78, 5) is 26.1. The molecule has 9 nitrogen and oxygen atoms in total. The number of nitrogens with zero attached hydrogens (tertiary/aromatic N) is 3. The highest BCUT2D eigenvalue weighted by Crippen LogP contribution is 2.23. The van der Waals surface area contributed by atoms with Crippen LogP contribution in [0, 0.1) is 0 Å². The number of sulfonamides is 1. The van der Waals surface area contributed by atoms with Gasteiger partial charge in [0.15, 0.2) is 0 Å². The third-order valence-electron chi connectivity index (χ3n) is 6.31. The van der Waals surface area contributed by atoms with E-state index in [1.54, 1.807) is 17.0 Å². The first kappa shape index (κ1) is 30.0. The average molecular weight is 537 g/mol. The number of piperazine rings is 1. The number of alkyl halides is 3. The molecular weight excluding hydrogens is 501 g/mol. The van der Waals surface area contributed by atoms with E-state index in [1.165, 1.54) is 4.31 Å². The normalized spacial score (nSPS) is 19.2. The number of rotatable bonds is 8. The van der Waals surface area contributed by atoms with Gasteiger partial charge in [-0.3, -0.25) is 9.69 Å². The number of carbonyl (C=O) groups is 2. The summed E-state index contributed by atoms with van der Waals surface area (Å²) < 4.78 is 60.1. The summed E-state index contributed by atoms with van der Waals surface area (Å²) in [7, 11) is -3.74. The van der Waals surface area contributed by atoms with E-state index in [-0.39, 0.29) is 23.4 Å². The van der Waals surface area contributed by atoms with E-state index in [0.717, 1.165) is 51.0 Å².